The summed E-state index contributed by atoms with van der Waals surface area (Å²) >= 11 is 0. The van der Waals surface area contributed by atoms with Gasteiger partial charge in [0, 0.05) is 45.2 Å². The molecule has 5 nitrogen and oxygen atoms in total. The van der Waals surface area contributed by atoms with Gasteiger partial charge in [-0.05, 0) is 29.5 Å². The maximum atomic E-state index is 5.47. The molecule has 0 unspecified atom stereocenters. The van der Waals surface area contributed by atoms with E-state index in [4.69, 9.17) is 4.74 Å². The second-order valence-corrected chi connectivity index (χ2v) is 8.08. The summed E-state index contributed by atoms with van der Waals surface area (Å²) in [5.41, 5.74) is 4.40. The van der Waals surface area contributed by atoms with Crippen LogP contribution >= 0.6 is 0 Å². The van der Waals surface area contributed by atoms with E-state index in [9.17, 15) is 0 Å². The van der Waals surface area contributed by atoms with E-state index in [0.717, 1.165) is 51.9 Å². The van der Waals surface area contributed by atoms with Crippen LogP contribution < -0.4 is 10.6 Å². The molecule has 2 aliphatic rings. The first kappa shape index (κ1) is 19.9. The van der Waals surface area contributed by atoms with E-state index >= 15 is 0 Å². The lowest BCUT2D eigenvalue weighted by molar-refractivity contribution is 0.0341. The zero-order valence-electron chi connectivity index (χ0n) is 17.4. The number of ether oxygens (including phenoxy) is 1. The first-order chi connectivity index (χ1) is 14.3. The molecule has 1 aliphatic heterocycles. The summed E-state index contributed by atoms with van der Waals surface area (Å²) < 4.78 is 5.47. The van der Waals surface area contributed by atoms with Crippen molar-refractivity contribution in [2.45, 2.75) is 31.3 Å². The third-order valence-corrected chi connectivity index (χ3v) is 6.12. The number of guanidine groups is 1. The van der Waals surface area contributed by atoms with Gasteiger partial charge in [-0.3, -0.25) is 9.89 Å². The lowest BCUT2D eigenvalue weighted by Gasteiger charge is -2.27. The molecule has 0 atom stereocenters. The first-order valence-corrected chi connectivity index (χ1v) is 10.7. The fraction of sp³-hybridized carbons (Fsp3) is 0.458. The highest BCUT2D eigenvalue weighted by molar-refractivity contribution is 5.79. The molecule has 0 bridgehead atoms. The number of nitrogens with one attached hydrogen (secondary N) is 2. The summed E-state index contributed by atoms with van der Waals surface area (Å²) in [7, 11) is 1.84. The summed E-state index contributed by atoms with van der Waals surface area (Å²) in [5.74, 6) is 0.869. The van der Waals surface area contributed by atoms with Crippen LogP contribution in [0.3, 0.4) is 0 Å². The van der Waals surface area contributed by atoms with Crippen molar-refractivity contribution < 1.29 is 4.74 Å². The average Bonchev–Trinajstić information content (AvgIpc) is 3.57. The van der Waals surface area contributed by atoms with Crippen molar-refractivity contribution in [2.24, 2.45) is 4.99 Å². The Balaban J connectivity index is 1.32. The van der Waals surface area contributed by atoms with Crippen LogP contribution in [0.15, 0.2) is 59.6 Å². The standard InChI is InChI=1S/C24H32N4O/c1-25-23(27-19-24(11-12-24)22-9-3-2-4-10-22)26-17-20-7-5-6-8-21(20)18-28-13-15-29-16-14-28/h2-10H,11-19H2,1H3,(H2,25,26,27). The number of benzene rings is 2. The molecule has 2 fully saturated rings. The maximum Gasteiger partial charge on any atom is 0.191 e. The van der Waals surface area contributed by atoms with Gasteiger partial charge in [-0.25, -0.2) is 0 Å². The van der Waals surface area contributed by atoms with Gasteiger partial charge in [-0.1, -0.05) is 54.6 Å². The number of hydrogen-bond acceptors (Lipinski definition) is 3. The molecule has 29 heavy (non-hydrogen) atoms. The second kappa shape index (κ2) is 9.42. The van der Waals surface area contributed by atoms with Gasteiger partial charge in [-0.2, -0.15) is 0 Å². The maximum absolute atomic E-state index is 5.47. The largest absolute Gasteiger partial charge is 0.379 e. The predicted molar refractivity (Wildman–Crippen MR) is 118 cm³/mol. The minimum absolute atomic E-state index is 0.271. The van der Waals surface area contributed by atoms with Crippen LogP contribution in [0.2, 0.25) is 0 Å². The Morgan fingerprint density at radius 1 is 0.966 bits per heavy atom. The van der Waals surface area contributed by atoms with Gasteiger partial charge in [0.05, 0.1) is 13.2 Å². The van der Waals surface area contributed by atoms with E-state index < -0.39 is 0 Å². The lowest BCUT2D eigenvalue weighted by Crippen LogP contribution is -2.41. The number of nitrogens with zero attached hydrogens (tertiary/aromatic N) is 2. The van der Waals surface area contributed by atoms with Crippen molar-refractivity contribution in [3.8, 4) is 0 Å². The van der Waals surface area contributed by atoms with Crippen molar-refractivity contribution in [1.82, 2.24) is 15.5 Å². The van der Waals surface area contributed by atoms with E-state index in [-0.39, 0.29) is 5.41 Å². The third-order valence-electron chi connectivity index (χ3n) is 6.12. The molecule has 4 rings (SSSR count). The zero-order valence-corrected chi connectivity index (χ0v) is 17.4. The molecule has 0 amide bonds. The van der Waals surface area contributed by atoms with Gasteiger partial charge >= 0.3 is 0 Å². The molecular weight excluding hydrogens is 360 g/mol. The molecule has 2 aromatic rings. The quantitative estimate of drug-likeness (QED) is 0.562. The van der Waals surface area contributed by atoms with Gasteiger partial charge in [0.15, 0.2) is 5.96 Å². The van der Waals surface area contributed by atoms with Gasteiger partial charge < -0.3 is 15.4 Å². The molecule has 2 aromatic carbocycles. The third kappa shape index (κ3) is 5.17. The van der Waals surface area contributed by atoms with E-state index in [1.54, 1.807) is 0 Å². The van der Waals surface area contributed by atoms with Crippen molar-refractivity contribution >= 4 is 5.96 Å². The van der Waals surface area contributed by atoms with Gasteiger partial charge in [0.2, 0.25) is 0 Å². The summed E-state index contributed by atoms with van der Waals surface area (Å²) in [4.78, 5) is 6.90. The molecular formula is C24H32N4O. The Labute approximate surface area is 174 Å². The molecule has 1 aliphatic carbocycles. The minimum Gasteiger partial charge on any atom is -0.379 e. The number of morpholine rings is 1. The summed E-state index contributed by atoms with van der Waals surface area (Å²) in [6, 6.07) is 19.5. The van der Waals surface area contributed by atoms with E-state index in [2.05, 4.69) is 75.1 Å². The van der Waals surface area contributed by atoms with Gasteiger partial charge in [0.1, 0.15) is 0 Å². The number of rotatable bonds is 7. The minimum atomic E-state index is 0.271. The highest BCUT2D eigenvalue weighted by Gasteiger charge is 2.43. The van der Waals surface area contributed by atoms with Crippen LogP contribution in [0.5, 0.6) is 0 Å². The van der Waals surface area contributed by atoms with Crippen LogP contribution in [0, 0.1) is 0 Å². The SMILES string of the molecule is CN=C(NCc1ccccc1CN1CCOCC1)NCC1(c2ccccc2)CC1. The summed E-state index contributed by atoms with van der Waals surface area (Å²) in [5, 5.41) is 7.06. The Bertz CT molecular complexity index is 811. The lowest BCUT2D eigenvalue weighted by atomic mass is 9.96. The fourth-order valence-electron chi connectivity index (χ4n) is 4.05. The molecule has 1 saturated heterocycles. The monoisotopic (exact) mass is 392 g/mol. The second-order valence-electron chi connectivity index (χ2n) is 8.08. The van der Waals surface area contributed by atoms with Crippen molar-refractivity contribution in [2.75, 3.05) is 39.9 Å². The summed E-state index contributed by atoms with van der Waals surface area (Å²) in [6.45, 7) is 6.36. The summed E-state index contributed by atoms with van der Waals surface area (Å²) in [6.07, 6.45) is 2.48. The predicted octanol–water partition coefficient (Wildman–Crippen LogP) is 2.92. The van der Waals surface area contributed by atoms with Gasteiger partial charge in [0.25, 0.3) is 0 Å². The van der Waals surface area contributed by atoms with E-state index in [1.165, 1.54) is 29.5 Å². The molecule has 5 heteroatoms. The van der Waals surface area contributed by atoms with Crippen molar-refractivity contribution in [1.29, 1.82) is 0 Å². The zero-order chi connectivity index (χ0) is 19.9. The molecule has 1 heterocycles. The molecule has 0 aromatic heterocycles. The number of hydrogen-bond donors (Lipinski definition) is 2. The number of aliphatic imine (C=N–C) groups is 1. The highest BCUT2D eigenvalue weighted by atomic mass is 16.5. The Hall–Kier alpha value is -2.37. The normalized spacial score (nSPS) is 19.0. The van der Waals surface area contributed by atoms with Crippen LogP contribution in [0.4, 0.5) is 0 Å². The van der Waals surface area contributed by atoms with Crippen molar-refractivity contribution in [3.63, 3.8) is 0 Å². The Morgan fingerprint density at radius 2 is 1.66 bits per heavy atom. The van der Waals surface area contributed by atoms with Crippen LogP contribution in [0.1, 0.15) is 29.5 Å². The van der Waals surface area contributed by atoms with E-state index in [1.807, 2.05) is 7.05 Å². The highest BCUT2D eigenvalue weighted by Crippen LogP contribution is 2.47. The molecule has 0 radical (unpaired) electrons. The smallest absolute Gasteiger partial charge is 0.191 e. The molecule has 2 N–H and O–H groups in total. The fourth-order valence-corrected chi connectivity index (χ4v) is 4.05. The average molecular weight is 393 g/mol. The molecule has 1 saturated carbocycles. The van der Waals surface area contributed by atoms with E-state index in [0.29, 0.717) is 0 Å². The van der Waals surface area contributed by atoms with Crippen LogP contribution in [-0.2, 0) is 23.2 Å². The molecule has 0 spiro atoms. The van der Waals surface area contributed by atoms with Crippen LogP contribution in [0.25, 0.3) is 0 Å². The topological polar surface area (TPSA) is 48.9 Å². The van der Waals surface area contributed by atoms with Gasteiger partial charge in [-0.15, -0.1) is 0 Å². The molecule has 154 valence electrons. The first-order valence-electron chi connectivity index (χ1n) is 10.7. The van der Waals surface area contributed by atoms with Crippen LogP contribution in [-0.4, -0.2) is 50.8 Å². The Kier molecular flexibility index (Phi) is 6.47. The Morgan fingerprint density at radius 3 is 2.34 bits per heavy atom. The van der Waals surface area contributed by atoms with Crippen molar-refractivity contribution in [3.05, 3.63) is 71.3 Å².